The standard InChI is InChI=1S/C34H34N10O14S4/c1-55-29-19-23(42-41-22-6-3-8-26(18-22)61(49,50)51)9-11-27(29)35-32-37-33(39-34(38-32)44-14-13-31(44)62(52,53)54)36-28-12-10-24(20-30(28)56-15-4-16-60(46,47)48)43-40-21-5-2-7-25(17-21)59-58-57-45/h2-3,5-12,17-20,31,45H,4,13-16H2,1H3,(H,46,47,48)(H,49,50,51)(H,52,53,54)(H2,35,36,37,38,39). The van der Waals surface area contributed by atoms with E-state index in [1.807, 2.05) is 0 Å². The monoisotopic (exact) mass is 934 g/mol. The molecule has 5 aromatic rings. The molecule has 1 aliphatic heterocycles. The highest BCUT2D eigenvalue weighted by molar-refractivity contribution is 7.94. The molecule has 0 bridgehead atoms. The molecule has 1 fully saturated rings. The zero-order valence-corrected chi connectivity index (χ0v) is 35.0. The van der Waals surface area contributed by atoms with Crippen molar-refractivity contribution in [1.29, 1.82) is 0 Å². The van der Waals surface area contributed by atoms with E-state index in [-0.39, 0.29) is 83.0 Å². The van der Waals surface area contributed by atoms with Crippen LogP contribution in [0.2, 0.25) is 0 Å². The van der Waals surface area contributed by atoms with Crippen LogP contribution in [0, 0.1) is 0 Å². The van der Waals surface area contributed by atoms with Gasteiger partial charge in [0.1, 0.15) is 11.5 Å². The Morgan fingerprint density at radius 2 is 1.34 bits per heavy atom. The Hall–Kier alpha value is -5.95. The highest BCUT2D eigenvalue weighted by Crippen LogP contribution is 2.36. The third kappa shape index (κ3) is 12.8. The minimum Gasteiger partial charge on any atom is -0.494 e. The Labute approximate surface area is 357 Å². The van der Waals surface area contributed by atoms with Gasteiger partial charge in [-0.25, -0.2) is 5.26 Å². The maximum Gasteiger partial charge on any atom is 0.294 e. The lowest BCUT2D eigenvalue weighted by Gasteiger charge is -2.38. The predicted octanol–water partition coefficient (Wildman–Crippen LogP) is 6.95. The van der Waals surface area contributed by atoms with Gasteiger partial charge in [-0.05, 0) is 67.1 Å². The molecule has 24 nitrogen and oxygen atoms in total. The predicted molar refractivity (Wildman–Crippen MR) is 221 cm³/mol. The largest absolute Gasteiger partial charge is 0.494 e. The molecule has 0 amide bonds. The van der Waals surface area contributed by atoms with Crippen molar-refractivity contribution in [2.45, 2.75) is 28.0 Å². The highest BCUT2D eigenvalue weighted by atomic mass is 32.2. The van der Waals surface area contributed by atoms with Gasteiger partial charge in [-0.1, -0.05) is 17.2 Å². The van der Waals surface area contributed by atoms with Crippen molar-refractivity contribution in [2.75, 3.05) is 41.5 Å². The summed E-state index contributed by atoms with van der Waals surface area (Å²) >= 11 is 0.726. The molecule has 6 rings (SSSR count). The van der Waals surface area contributed by atoms with Gasteiger partial charge in [-0.15, -0.1) is 4.33 Å². The minimum absolute atomic E-state index is 0.0888. The van der Waals surface area contributed by atoms with Crippen LogP contribution in [0.25, 0.3) is 0 Å². The molecule has 328 valence electrons. The van der Waals surface area contributed by atoms with Gasteiger partial charge >= 0.3 is 0 Å². The number of methoxy groups -OCH3 is 1. The number of rotatable bonds is 20. The first kappa shape index (κ1) is 45.6. The van der Waals surface area contributed by atoms with E-state index in [1.54, 1.807) is 36.4 Å². The van der Waals surface area contributed by atoms with Gasteiger partial charge in [0.15, 0.2) is 5.37 Å². The lowest BCUT2D eigenvalue weighted by atomic mass is 10.2. The van der Waals surface area contributed by atoms with Crippen molar-refractivity contribution in [2.24, 2.45) is 20.5 Å². The molecule has 1 aliphatic rings. The van der Waals surface area contributed by atoms with Gasteiger partial charge in [0.25, 0.3) is 30.4 Å². The van der Waals surface area contributed by atoms with E-state index in [9.17, 15) is 38.9 Å². The van der Waals surface area contributed by atoms with Gasteiger partial charge < -0.3 is 25.0 Å². The van der Waals surface area contributed by atoms with Crippen LogP contribution in [0.1, 0.15) is 12.8 Å². The summed E-state index contributed by atoms with van der Waals surface area (Å²) in [7, 11) is -11.9. The van der Waals surface area contributed by atoms with Crippen molar-refractivity contribution < 1.29 is 63.0 Å². The van der Waals surface area contributed by atoms with Crippen LogP contribution in [0.3, 0.4) is 0 Å². The zero-order chi connectivity index (χ0) is 44.5. The fourth-order valence-electron chi connectivity index (χ4n) is 5.40. The maximum atomic E-state index is 12.2. The quantitative estimate of drug-likeness (QED) is 0.0115. The van der Waals surface area contributed by atoms with Gasteiger partial charge in [-0.2, -0.15) is 60.7 Å². The Morgan fingerprint density at radius 1 is 0.758 bits per heavy atom. The molecule has 6 N–H and O–H groups in total. The molecule has 62 heavy (non-hydrogen) atoms. The lowest BCUT2D eigenvalue weighted by molar-refractivity contribution is -0.432. The number of hydrogen-bond donors (Lipinski definition) is 6. The van der Waals surface area contributed by atoms with Crippen molar-refractivity contribution in [1.82, 2.24) is 15.0 Å². The molecular weight excluding hydrogens is 901 g/mol. The summed E-state index contributed by atoms with van der Waals surface area (Å²) < 4.78 is 114. The molecule has 1 aromatic heterocycles. The molecule has 0 spiro atoms. The number of azo groups is 2. The Kier molecular flexibility index (Phi) is 14.6. The molecule has 0 saturated carbocycles. The van der Waals surface area contributed by atoms with E-state index in [0.29, 0.717) is 16.3 Å². The van der Waals surface area contributed by atoms with Gasteiger partial charge in [0.2, 0.25) is 17.8 Å². The topological polar surface area (TPSA) is 336 Å². The SMILES string of the molecule is COc1cc(N=Nc2cccc(S(=O)(=O)O)c2)ccc1Nc1nc(Nc2ccc(N=Nc3cccc(SOOO)c3)cc2OCCCS(=O)(=O)O)nc(N2CCC2S(=O)(=O)O)n1. The molecule has 4 aromatic carbocycles. The second-order valence-electron chi connectivity index (χ2n) is 12.6. The van der Waals surface area contributed by atoms with E-state index < -0.39 is 41.5 Å². The van der Waals surface area contributed by atoms with Crippen LogP contribution < -0.4 is 25.0 Å². The van der Waals surface area contributed by atoms with Gasteiger partial charge in [0.05, 0.1) is 70.5 Å². The second kappa shape index (κ2) is 19.8. The number of nitrogens with zero attached hydrogens (tertiary/aromatic N) is 8. The van der Waals surface area contributed by atoms with Crippen molar-refractivity contribution in [3.63, 3.8) is 0 Å². The highest BCUT2D eigenvalue weighted by Gasteiger charge is 2.40. The molecule has 1 saturated heterocycles. The molecule has 0 aliphatic carbocycles. The van der Waals surface area contributed by atoms with Gasteiger partial charge in [0, 0.05) is 30.0 Å². The van der Waals surface area contributed by atoms with Crippen molar-refractivity contribution in [3.8, 4) is 11.5 Å². The molecule has 1 unspecified atom stereocenters. The minimum atomic E-state index is -4.54. The van der Waals surface area contributed by atoms with Crippen molar-refractivity contribution in [3.05, 3.63) is 84.9 Å². The third-order valence-electron chi connectivity index (χ3n) is 8.29. The number of hydrogen-bond acceptors (Lipinski definition) is 22. The molecular formula is C34H34N10O14S4. The normalized spacial score (nSPS) is 14.5. The van der Waals surface area contributed by atoms with Crippen LogP contribution in [0.15, 0.2) is 115 Å². The molecule has 0 radical (unpaired) electrons. The summed E-state index contributed by atoms with van der Waals surface area (Å²) in [6, 6.07) is 20.9. The number of benzene rings is 4. The average molecular weight is 935 g/mol. The molecule has 28 heteroatoms. The van der Waals surface area contributed by atoms with Gasteiger partial charge in [-0.3, -0.25) is 13.7 Å². The van der Waals surface area contributed by atoms with E-state index >= 15 is 0 Å². The summed E-state index contributed by atoms with van der Waals surface area (Å²) in [4.78, 5) is 14.7. The Morgan fingerprint density at radius 3 is 1.89 bits per heavy atom. The summed E-state index contributed by atoms with van der Waals surface area (Å²) in [5, 5.41) is 33.3. The smallest absolute Gasteiger partial charge is 0.294 e. The summed E-state index contributed by atoms with van der Waals surface area (Å²) in [6.07, 6.45) is -0.00118. The summed E-state index contributed by atoms with van der Waals surface area (Å²) in [6.45, 7) is -0.0121. The second-order valence-corrected chi connectivity index (χ2v) is 18.0. The van der Waals surface area contributed by atoms with Crippen LogP contribution >= 0.6 is 12.0 Å². The fraction of sp³-hybridized carbons (Fsp3) is 0.206. The maximum absolute atomic E-state index is 12.2. The molecule has 1 atom stereocenters. The fourth-order valence-corrected chi connectivity index (χ4v) is 7.74. The van der Waals surface area contributed by atoms with E-state index in [2.05, 4.69) is 55.4 Å². The van der Waals surface area contributed by atoms with E-state index in [0.717, 1.165) is 18.1 Å². The first-order valence-electron chi connectivity index (χ1n) is 17.6. The van der Waals surface area contributed by atoms with Crippen LogP contribution in [0.4, 0.5) is 52.0 Å². The van der Waals surface area contributed by atoms with E-state index in [4.69, 9.17) is 14.7 Å². The van der Waals surface area contributed by atoms with Crippen LogP contribution in [-0.4, -0.2) is 90.5 Å². The Balaban J connectivity index is 1.31. The van der Waals surface area contributed by atoms with E-state index in [1.165, 1.54) is 54.5 Å². The number of ether oxygens (including phenoxy) is 2. The summed E-state index contributed by atoms with van der Waals surface area (Å²) in [5.41, 5.74) is 1.63. The Bertz CT molecular complexity index is 2820. The van der Waals surface area contributed by atoms with Crippen LogP contribution in [0.5, 0.6) is 11.5 Å². The summed E-state index contributed by atoms with van der Waals surface area (Å²) in [5.74, 6) is -0.660. The zero-order valence-electron chi connectivity index (χ0n) is 31.8. The average Bonchev–Trinajstić information content (AvgIpc) is 3.19. The third-order valence-corrected chi connectivity index (χ3v) is 11.7. The number of aromatic nitrogens is 3. The van der Waals surface area contributed by atoms with Crippen molar-refractivity contribution >= 4 is 94.4 Å². The van der Waals surface area contributed by atoms with Crippen LogP contribution in [-0.2, 0) is 39.7 Å². The first-order valence-corrected chi connectivity index (χ1v) is 22.9. The first-order chi connectivity index (χ1) is 29.5. The lowest BCUT2D eigenvalue weighted by Crippen LogP contribution is -2.53. The molecule has 2 heterocycles. The number of anilines is 5. The number of nitrogens with one attached hydrogen (secondary N) is 2.